The largest absolute Gasteiger partial charge is 0.493 e. The third kappa shape index (κ3) is 7.00. The Morgan fingerprint density at radius 3 is 1.70 bits per heavy atom. The van der Waals surface area contributed by atoms with Gasteiger partial charge in [0.2, 0.25) is 11.4 Å². The topological polar surface area (TPSA) is 25.3 Å². The zero-order valence-electron chi connectivity index (χ0n) is 21.1. The Morgan fingerprint density at radius 2 is 1.09 bits per heavy atom. The minimum absolute atomic E-state index is 0.893. The van der Waals surface area contributed by atoms with E-state index in [1.807, 2.05) is 0 Å². The molecular formula is C31H42N2. The molecule has 3 rings (SSSR count). The lowest BCUT2D eigenvalue weighted by Crippen LogP contribution is -2.02. The third-order valence-electron chi connectivity index (χ3n) is 6.72. The summed E-state index contributed by atoms with van der Waals surface area (Å²) in [6.45, 7) is 6.73. The van der Waals surface area contributed by atoms with E-state index in [-0.39, 0.29) is 0 Å². The van der Waals surface area contributed by atoms with E-state index in [1.54, 1.807) is 0 Å². The molecule has 0 amide bonds. The normalized spacial score (nSPS) is 13.7. The van der Waals surface area contributed by atoms with E-state index >= 15 is 0 Å². The van der Waals surface area contributed by atoms with Crippen LogP contribution < -0.4 is 0 Å². The maximum absolute atomic E-state index is 11.3. The molecule has 2 aromatic rings. The molecule has 2 heteroatoms. The molecule has 0 spiro atoms. The van der Waals surface area contributed by atoms with Crippen LogP contribution in [0.2, 0.25) is 0 Å². The number of hydrogen-bond donors (Lipinski definition) is 0. The van der Waals surface area contributed by atoms with Crippen molar-refractivity contribution in [3.05, 3.63) is 88.0 Å². The quantitative estimate of drug-likeness (QED) is 0.205. The molecule has 2 nitrogen and oxygen atoms in total. The minimum Gasteiger partial charge on any atom is -0.493 e. The highest BCUT2D eigenvalue weighted by molar-refractivity contribution is 5.78. The van der Waals surface area contributed by atoms with E-state index in [2.05, 4.69) is 75.4 Å². The van der Waals surface area contributed by atoms with Gasteiger partial charge in [-0.2, -0.15) is 0 Å². The number of unbranched alkanes of at least 4 members (excludes halogenated alkanes) is 6. The molecule has 0 N–H and O–H groups in total. The van der Waals surface area contributed by atoms with Gasteiger partial charge in [-0.05, 0) is 73.9 Å². The summed E-state index contributed by atoms with van der Waals surface area (Å²) < 4.78 is 1.43. The van der Waals surface area contributed by atoms with E-state index in [9.17, 15) is 5.53 Å². The first-order valence-corrected chi connectivity index (χ1v) is 13.3. The van der Waals surface area contributed by atoms with Crippen LogP contribution in [0.25, 0.3) is 16.9 Å². The van der Waals surface area contributed by atoms with Gasteiger partial charge in [0.1, 0.15) is 0 Å². The van der Waals surface area contributed by atoms with Crippen LogP contribution in [-0.2, 0) is 12.8 Å². The lowest BCUT2D eigenvalue weighted by atomic mass is 10.00. The van der Waals surface area contributed by atoms with E-state index < -0.39 is 0 Å². The second-order valence-electron chi connectivity index (χ2n) is 9.48. The van der Waals surface area contributed by atoms with Gasteiger partial charge in [0.05, 0.1) is 0 Å². The predicted octanol–water partition coefficient (Wildman–Crippen LogP) is 9.53. The SMILES string of the molecule is CCCCCCc1ccc(C2=CC(CCCCC)=C(c3ccc(CCCC)cc3)[N+]2=[N-])cc1. The van der Waals surface area contributed by atoms with Crippen molar-refractivity contribution in [2.75, 3.05) is 0 Å². The molecule has 0 saturated carbocycles. The van der Waals surface area contributed by atoms with Gasteiger partial charge < -0.3 is 5.53 Å². The second kappa shape index (κ2) is 13.3. The molecule has 33 heavy (non-hydrogen) atoms. The Bertz CT molecular complexity index is 945. The Hall–Kier alpha value is -2.48. The molecule has 0 aliphatic carbocycles. The summed E-state index contributed by atoms with van der Waals surface area (Å²) in [7, 11) is 0. The summed E-state index contributed by atoms with van der Waals surface area (Å²) in [4.78, 5) is 0. The van der Waals surface area contributed by atoms with Crippen LogP contribution in [0, 0.1) is 0 Å². The molecule has 0 radical (unpaired) electrons. The zero-order valence-corrected chi connectivity index (χ0v) is 21.1. The molecule has 1 aliphatic rings. The molecule has 0 fully saturated rings. The third-order valence-corrected chi connectivity index (χ3v) is 6.72. The number of hydrogen-bond acceptors (Lipinski definition) is 0. The van der Waals surface area contributed by atoms with Gasteiger partial charge in [-0.25, -0.2) is 4.70 Å². The van der Waals surface area contributed by atoms with Crippen molar-refractivity contribution in [2.24, 2.45) is 0 Å². The molecule has 0 unspecified atom stereocenters. The summed E-state index contributed by atoms with van der Waals surface area (Å²) in [5, 5.41) is 0. The molecule has 0 saturated heterocycles. The van der Waals surface area contributed by atoms with Crippen molar-refractivity contribution in [1.82, 2.24) is 0 Å². The van der Waals surface area contributed by atoms with Crippen LogP contribution in [-0.4, -0.2) is 4.70 Å². The fourth-order valence-electron chi connectivity index (χ4n) is 4.63. The van der Waals surface area contributed by atoms with Crippen LogP contribution in [0.1, 0.15) is 107 Å². The maximum Gasteiger partial charge on any atom is 0.210 e. The van der Waals surface area contributed by atoms with Crippen LogP contribution >= 0.6 is 0 Å². The molecule has 1 aliphatic heterocycles. The van der Waals surface area contributed by atoms with Crippen molar-refractivity contribution in [3.63, 3.8) is 0 Å². The average molecular weight is 443 g/mol. The lowest BCUT2D eigenvalue weighted by molar-refractivity contribution is -0.344. The molecule has 0 aromatic heterocycles. The number of allylic oxidation sites excluding steroid dienone is 2. The molecule has 0 atom stereocenters. The smallest absolute Gasteiger partial charge is 0.210 e. The maximum atomic E-state index is 11.3. The molecular weight excluding hydrogens is 400 g/mol. The van der Waals surface area contributed by atoms with Crippen molar-refractivity contribution in [3.8, 4) is 0 Å². The highest BCUT2D eigenvalue weighted by Crippen LogP contribution is 2.37. The van der Waals surface area contributed by atoms with Gasteiger partial charge in [-0.1, -0.05) is 83.6 Å². The van der Waals surface area contributed by atoms with Crippen molar-refractivity contribution < 1.29 is 4.70 Å². The van der Waals surface area contributed by atoms with E-state index in [0.717, 1.165) is 48.2 Å². The summed E-state index contributed by atoms with van der Waals surface area (Å²) in [5.74, 6) is 0. The average Bonchev–Trinajstić information content (AvgIpc) is 3.17. The minimum atomic E-state index is 0.893. The molecule has 2 aromatic carbocycles. The van der Waals surface area contributed by atoms with Crippen molar-refractivity contribution in [1.29, 1.82) is 0 Å². The predicted molar refractivity (Wildman–Crippen MR) is 142 cm³/mol. The Kier molecular flexibility index (Phi) is 10.1. The summed E-state index contributed by atoms with van der Waals surface area (Å²) in [6, 6.07) is 17.6. The van der Waals surface area contributed by atoms with E-state index in [0.29, 0.717) is 0 Å². The van der Waals surface area contributed by atoms with Crippen LogP contribution in [0.15, 0.2) is 60.2 Å². The fourth-order valence-corrected chi connectivity index (χ4v) is 4.63. The second-order valence-corrected chi connectivity index (χ2v) is 9.48. The number of benzene rings is 2. The molecule has 1 heterocycles. The highest BCUT2D eigenvalue weighted by Gasteiger charge is 2.28. The summed E-state index contributed by atoms with van der Waals surface area (Å²) in [6.07, 6.45) is 16.6. The van der Waals surface area contributed by atoms with Gasteiger partial charge in [0.15, 0.2) is 0 Å². The first-order valence-electron chi connectivity index (χ1n) is 13.3. The van der Waals surface area contributed by atoms with Crippen molar-refractivity contribution in [2.45, 2.75) is 97.8 Å². The summed E-state index contributed by atoms with van der Waals surface area (Å²) in [5.41, 5.74) is 19.3. The summed E-state index contributed by atoms with van der Waals surface area (Å²) >= 11 is 0. The Labute approximate surface area is 201 Å². The van der Waals surface area contributed by atoms with Gasteiger partial charge in [0, 0.05) is 22.8 Å². The van der Waals surface area contributed by atoms with Crippen LogP contribution in [0.5, 0.6) is 0 Å². The van der Waals surface area contributed by atoms with Gasteiger partial charge in [0.25, 0.3) is 0 Å². The number of nitrogens with zero attached hydrogens (tertiary/aromatic N) is 2. The van der Waals surface area contributed by atoms with Crippen LogP contribution in [0.4, 0.5) is 0 Å². The number of rotatable bonds is 14. The monoisotopic (exact) mass is 442 g/mol. The van der Waals surface area contributed by atoms with Crippen molar-refractivity contribution >= 4 is 11.4 Å². The standard InChI is InChI=1S/C31H42N2/c1-4-7-10-12-14-26-16-20-27(21-17-26)30-24-29(15-11-8-5-2)31(33(30)32)28-22-18-25(19-23-28)13-9-6-3/h16-24H,4-15H2,1-3H3. The van der Waals surface area contributed by atoms with Gasteiger partial charge >= 0.3 is 0 Å². The van der Waals surface area contributed by atoms with Gasteiger partial charge in [-0.3, -0.25) is 0 Å². The highest BCUT2D eigenvalue weighted by atomic mass is 15.2. The van der Waals surface area contributed by atoms with E-state index in [1.165, 1.54) is 72.8 Å². The van der Waals surface area contributed by atoms with Crippen LogP contribution in [0.3, 0.4) is 0 Å². The van der Waals surface area contributed by atoms with E-state index in [4.69, 9.17) is 0 Å². The Morgan fingerprint density at radius 1 is 0.576 bits per heavy atom. The number of aryl methyl sites for hydroxylation is 2. The molecule has 0 bridgehead atoms. The first kappa shape index (κ1) is 25.1. The van der Waals surface area contributed by atoms with Gasteiger partial charge in [-0.15, -0.1) is 0 Å². The molecule has 176 valence electrons. The lowest BCUT2D eigenvalue weighted by Gasteiger charge is -2.11. The zero-order chi connectivity index (χ0) is 23.5. The first-order chi connectivity index (χ1) is 16.2. The Balaban J connectivity index is 1.78. The fraction of sp³-hybridized carbons (Fsp3) is 0.484.